The largest absolute Gasteiger partial charge is 0.537 e. The molecule has 0 bridgehead atoms. The Bertz CT molecular complexity index is 353. The molecule has 0 unspecified atom stereocenters. The van der Waals surface area contributed by atoms with Gasteiger partial charge in [-0.2, -0.15) is 0 Å². The molecule has 0 saturated carbocycles. The Balaban J connectivity index is 3.00. The van der Waals surface area contributed by atoms with Crippen LogP contribution in [0.5, 0.6) is 0 Å². The second kappa shape index (κ2) is 7.19. The Hall–Kier alpha value is -0.683. The summed E-state index contributed by atoms with van der Waals surface area (Å²) >= 11 is 0. The number of rotatable bonds is 7. The molecule has 0 aliphatic heterocycles. The van der Waals surface area contributed by atoms with Crippen LogP contribution in [-0.2, 0) is 13.3 Å². The van der Waals surface area contributed by atoms with E-state index in [2.05, 4.69) is 20.8 Å². The molecule has 4 heteroatoms. The van der Waals surface area contributed by atoms with E-state index in [1.54, 1.807) is 0 Å². The van der Waals surface area contributed by atoms with Crippen molar-refractivity contribution in [2.45, 2.75) is 34.6 Å². The van der Waals surface area contributed by atoms with Crippen LogP contribution in [0.15, 0.2) is 30.3 Å². The molecule has 3 nitrogen and oxygen atoms in total. The van der Waals surface area contributed by atoms with E-state index in [0.717, 1.165) is 5.19 Å². The summed E-state index contributed by atoms with van der Waals surface area (Å²) < 4.78 is 18.0. The first-order valence-corrected chi connectivity index (χ1v) is 8.63. The van der Waals surface area contributed by atoms with Crippen molar-refractivity contribution in [2.24, 2.45) is 5.41 Å². The summed E-state index contributed by atoms with van der Waals surface area (Å²) in [6.45, 7) is 12.2. The predicted molar refractivity (Wildman–Crippen MR) is 80.5 cm³/mol. The Morgan fingerprint density at radius 1 is 0.895 bits per heavy atom. The molecule has 0 spiro atoms. The summed E-state index contributed by atoms with van der Waals surface area (Å²) in [6, 6.07) is 10.0. The number of benzene rings is 1. The minimum absolute atomic E-state index is 0.0846. The van der Waals surface area contributed by atoms with Crippen molar-refractivity contribution in [1.82, 2.24) is 0 Å². The highest BCUT2D eigenvalue weighted by Gasteiger charge is 2.44. The molecule has 0 heterocycles. The molecule has 108 valence electrons. The standard InChI is InChI=1S/C15H26O3Si/c1-6-16-19(17-7-2,18-13-15(3,4)5)14-11-9-8-10-12-14/h8-12H,6-7,13H2,1-5H3. The first kappa shape index (κ1) is 16.4. The van der Waals surface area contributed by atoms with Gasteiger partial charge in [-0.15, -0.1) is 0 Å². The molecular weight excluding hydrogens is 256 g/mol. The van der Waals surface area contributed by atoms with E-state index in [-0.39, 0.29) is 5.41 Å². The van der Waals surface area contributed by atoms with Crippen molar-refractivity contribution >= 4 is 14.0 Å². The Morgan fingerprint density at radius 2 is 1.42 bits per heavy atom. The highest BCUT2D eigenvalue weighted by atomic mass is 28.4. The fourth-order valence-corrected chi connectivity index (χ4v) is 4.44. The fourth-order valence-electron chi connectivity index (χ4n) is 1.71. The number of hydrogen-bond acceptors (Lipinski definition) is 3. The smallest absolute Gasteiger partial charge is 0.370 e. The molecule has 19 heavy (non-hydrogen) atoms. The first-order valence-electron chi connectivity index (χ1n) is 6.91. The van der Waals surface area contributed by atoms with Gasteiger partial charge < -0.3 is 13.3 Å². The summed E-state index contributed by atoms with van der Waals surface area (Å²) in [5.41, 5.74) is 0.0846. The van der Waals surface area contributed by atoms with Crippen LogP contribution in [-0.4, -0.2) is 28.6 Å². The Morgan fingerprint density at radius 3 is 1.84 bits per heavy atom. The van der Waals surface area contributed by atoms with Crippen LogP contribution < -0.4 is 5.19 Å². The minimum Gasteiger partial charge on any atom is -0.370 e. The van der Waals surface area contributed by atoms with Crippen LogP contribution in [0.2, 0.25) is 0 Å². The van der Waals surface area contributed by atoms with Gasteiger partial charge in [-0.05, 0) is 19.3 Å². The van der Waals surface area contributed by atoms with Crippen LogP contribution in [0.1, 0.15) is 34.6 Å². The highest BCUT2D eigenvalue weighted by molar-refractivity contribution is 6.75. The number of hydrogen-bond donors (Lipinski definition) is 0. The molecule has 1 aromatic rings. The molecule has 0 radical (unpaired) electrons. The molecule has 0 amide bonds. The molecule has 0 aromatic heterocycles. The Kier molecular flexibility index (Phi) is 6.20. The van der Waals surface area contributed by atoms with Gasteiger partial charge in [-0.25, -0.2) is 0 Å². The third-order valence-electron chi connectivity index (χ3n) is 2.49. The molecule has 0 aliphatic carbocycles. The van der Waals surface area contributed by atoms with Crippen LogP contribution in [0, 0.1) is 5.41 Å². The van der Waals surface area contributed by atoms with E-state index in [1.165, 1.54) is 0 Å². The van der Waals surface area contributed by atoms with Crippen molar-refractivity contribution in [2.75, 3.05) is 19.8 Å². The van der Waals surface area contributed by atoms with Crippen molar-refractivity contribution in [3.05, 3.63) is 30.3 Å². The third kappa shape index (κ3) is 5.07. The van der Waals surface area contributed by atoms with E-state index >= 15 is 0 Å². The van der Waals surface area contributed by atoms with E-state index in [1.807, 2.05) is 44.2 Å². The zero-order valence-corrected chi connectivity index (χ0v) is 13.7. The van der Waals surface area contributed by atoms with Crippen molar-refractivity contribution in [1.29, 1.82) is 0 Å². The lowest BCUT2D eigenvalue weighted by molar-refractivity contribution is 0.0547. The molecule has 1 rings (SSSR count). The molecule has 0 saturated heterocycles. The topological polar surface area (TPSA) is 27.7 Å². The van der Waals surface area contributed by atoms with Gasteiger partial charge in [0.25, 0.3) is 0 Å². The van der Waals surface area contributed by atoms with E-state index in [4.69, 9.17) is 13.3 Å². The van der Waals surface area contributed by atoms with E-state index < -0.39 is 8.80 Å². The normalized spacial score (nSPS) is 12.7. The molecule has 0 atom stereocenters. The third-order valence-corrected chi connectivity index (χ3v) is 5.39. The zero-order chi connectivity index (χ0) is 14.4. The summed E-state index contributed by atoms with van der Waals surface area (Å²) in [6.07, 6.45) is 0. The molecule has 0 aliphatic rings. The van der Waals surface area contributed by atoms with Crippen LogP contribution >= 0.6 is 0 Å². The predicted octanol–water partition coefficient (Wildman–Crippen LogP) is 2.97. The second-order valence-corrected chi connectivity index (χ2v) is 8.19. The van der Waals surface area contributed by atoms with Crippen LogP contribution in [0.3, 0.4) is 0 Å². The van der Waals surface area contributed by atoms with Crippen LogP contribution in [0.4, 0.5) is 0 Å². The average Bonchev–Trinajstić information content (AvgIpc) is 2.37. The molecule has 0 N–H and O–H groups in total. The summed E-state index contributed by atoms with van der Waals surface area (Å²) in [4.78, 5) is 0. The fraction of sp³-hybridized carbons (Fsp3) is 0.600. The van der Waals surface area contributed by atoms with Gasteiger partial charge in [-0.3, -0.25) is 0 Å². The molecular formula is C15H26O3Si. The minimum atomic E-state index is -2.78. The summed E-state index contributed by atoms with van der Waals surface area (Å²) in [5, 5.41) is 1.03. The lowest BCUT2D eigenvalue weighted by Gasteiger charge is -2.32. The second-order valence-electron chi connectivity index (χ2n) is 5.64. The quantitative estimate of drug-likeness (QED) is 0.720. The van der Waals surface area contributed by atoms with Gasteiger partial charge in [-0.1, -0.05) is 51.1 Å². The molecule has 0 fully saturated rings. The van der Waals surface area contributed by atoms with E-state index in [0.29, 0.717) is 19.8 Å². The Labute approximate surface area is 118 Å². The van der Waals surface area contributed by atoms with Crippen molar-refractivity contribution in [3.8, 4) is 0 Å². The van der Waals surface area contributed by atoms with Gasteiger partial charge >= 0.3 is 8.80 Å². The lowest BCUT2D eigenvalue weighted by Crippen LogP contribution is -2.57. The van der Waals surface area contributed by atoms with Crippen LogP contribution in [0.25, 0.3) is 0 Å². The van der Waals surface area contributed by atoms with Gasteiger partial charge in [0, 0.05) is 25.0 Å². The highest BCUT2D eigenvalue weighted by Crippen LogP contribution is 2.18. The summed E-state index contributed by atoms with van der Waals surface area (Å²) in [5.74, 6) is 0. The average molecular weight is 282 g/mol. The van der Waals surface area contributed by atoms with Gasteiger partial charge in [0.2, 0.25) is 0 Å². The zero-order valence-electron chi connectivity index (χ0n) is 12.7. The van der Waals surface area contributed by atoms with Crippen molar-refractivity contribution < 1.29 is 13.3 Å². The monoisotopic (exact) mass is 282 g/mol. The lowest BCUT2D eigenvalue weighted by atomic mass is 9.99. The van der Waals surface area contributed by atoms with Gasteiger partial charge in [0.1, 0.15) is 0 Å². The maximum absolute atomic E-state index is 6.16. The summed E-state index contributed by atoms with van der Waals surface area (Å²) in [7, 11) is -2.78. The SMILES string of the molecule is CCO[Si](OCC)(OCC(C)(C)C)c1ccccc1. The molecule has 1 aromatic carbocycles. The maximum Gasteiger partial charge on any atom is 0.537 e. The van der Waals surface area contributed by atoms with Gasteiger partial charge in [0.05, 0.1) is 0 Å². The van der Waals surface area contributed by atoms with Crippen molar-refractivity contribution in [3.63, 3.8) is 0 Å². The van der Waals surface area contributed by atoms with Gasteiger partial charge in [0.15, 0.2) is 0 Å². The maximum atomic E-state index is 6.16. The first-order chi connectivity index (χ1) is 8.93. The van der Waals surface area contributed by atoms with E-state index in [9.17, 15) is 0 Å².